The van der Waals surface area contributed by atoms with Crippen LogP contribution in [0.5, 0.6) is 0 Å². The van der Waals surface area contributed by atoms with Gasteiger partial charge in [0.15, 0.2) is 0 Å². The Morgan fingerprint density at radius 1 is 0.574 bits per heavy atom. The molecule has 0 spiro atoms. The van der Waals surface area contributed by atoms with Gasteiger partial charge in [-0.2, -0.15) is 0 Å². The lowest BCUT2D eigenvalue weighted by Crippen LogP contribution is -2.53. The number of hydrogen-bond donors (Lipinski definition) is 2. The minimum Gasteiger partial charge on any atom is -0.459 e. The molecule has 2 atom stereocenters. The molecule has 246 valence electrons. The monoisotopic (exact) mass is 675 g/mol. The van der Waals surface area contributed by atoms with Crippen molar-refractivity contribution < 1.29 is 23.9 Å². The van der Waals surface area contributed by atoms with E-state index in [-0.39, 0.29) is 26.1 Å². The molecular formula is C37H39Cl2N3O5. The fourth-order valence-corrected chi connectivity index (χ4v) is 5.32. The zero-order valence-corrected chi connectivity index (χ0v) is 27.5. The maximum atomic E-state index is 13.8. The van der Waals surface area contributed by atoms with Crippen molar-refractivity contribution >= 4 is 46.9 Å². The zero-order chi connectivity index (χ0) is 33.3. The lowest BCUT2D eigenvalue weighted by Gasteiger charge is -2.24. The van der Waals surface area contributed by atoms with E-state index >= 15 is 0 Å². The third-order valence-corrected chi connectivity index (χ3v) is 7.72. The summed E-state index contributed by atoms with van der Waals surface area (Å²) in [6, 6.07) is 33.5. The molecule has 0 aliphatic carbocycles. The molecule has 0 fully saturated rings. The average molecular weight is 677 g/mol. The summed E-state index contributed by atoms with van der Waals surface area (Å²) in [5.41, 5.74) is 4.21. The van der Waals surface area contributed by atoms with Crippen LogP contribution >= 0.6 is 23.2 Å². The van der Waals surface area contributed by atoms with Gasteiger partial charge in [-0.1, -0.05) is 103 Å². The molecule has 0 saturated heterocycles. The second-order valence-electron chi connectivity index (χ2n) is 10.8. The van der Waals surface area contributed by atoms with E-state index in [9.17, 15) is 14.4 Å². The second-order valence-corrected chi connectivity index (χ2v) is 11.6. The molecule has 0 aromatic heterocycles. The number of hydrogen-bond acceptors (Lipinski definition) is 6. The number of nitrogens with one attached hydrogen (secondary N) is 2. The van der Waals surface area contributed by atoms with Crippen LogP contribution in [0.1, 0.15) is 22.3 Å². The standard InChI is InChI=1S/C37H39Cl2N3O5/c38-20-22-42(23-21-39)32-18-16-29(17-19-32)25-34(36(44)46-26-30-12-6-2-7-13-30)40-35(43)33(24-28-10-4-1-5-11-28)41-37(45)47-27-31-14-8-3-9-15-31/h1-19,33-34H,20-27H2,(H,40,43)(H,41,45)/t33-,34+/m1/s1. The molecule has 4 rings (SSSR count). The topological polar surface area (TPSA) is 97.0 Å². The van der Waals surface area contributed by atoms with E-state index in [0.717, 1.165) is 27.9 Å². The number of nitrogens with zero attached hydrogens (tertiary/aromatic N) is 1. The highest BCUT2D eigenvalue weighted by Crippen LogP contribution is 2.18. The van der Waals surface area contributed by atoms with Crippen molar-refractivity contribution in [1.29, 1.82) is 0 Å². The van der Waals surface area contributed by atoms with Gasteiger partial charge >= 0.3 is 12.1 Å². The number of esters is 1. The van der Waals surface area contributed by atoms with E-state index in [1.54, 1.807) is 0 Å². The van der Waals surface area contributed by atoms with Gasteiger partial charge in [-0.25, -0.2) is 9.59 Å². The number of halogens is 2. The highest BCUT2D eigenvalue weighted by Gasteiger charge is 2.29. The number of carbonyl (C=O) groups excluding carboxylic acids is 3. The fraction of sp³-hybridized carbons (Fsp3) is 0.270. The van der Waals surface area contributed by atoms with E-state index in [1.807, 2.05) is 115 Å². The predicted molar refractivity (Wildman–Crippen MR) is 186 cm³/mol. The van der Waals surface area contributed by atoms with Crippen LogP contribution in [0.3, 0.4) is 0 Å². The Bertz CT molecular complexity index is 1520. The first-order chi connectivity index (χ1) is 22.9. The van der Waals surface area contributed by atoms with E-state index < -0.39 is 30.1 Å². The molecule has 2 N–H and O–H groups in total. The SMILES string of the molecule is O=C(N[C@H](Cc1ccccc1)C(=O)N[C@@H](Cc1ccc(N(CCCl)CCCl)cc1)C(=O)OCc1ccccc1)OCc1ccccc1. The highest BCUT2D eigenvalue weighted by atomic mass is 35.5. The van der Waals surface area contributed by atoms with Crippen LogP contribution in [0, 0.1) is 0 Å². The van der Waals surface area contributed by atoms with Crippen LogP contribution in [-0.2, 0) is 45.1 Å². The Balaban J connectivity index is 1.51. The molecule has 0 saturated carbocycles. The van der Waals surface area contributed by atoms with Gasteiger partial charge in [0.25, 0.3) is 0 Å². The van der Waals surface area contributed by atoms with Gasteiger partial charge in [-0.3, -0.25) is 4.79 Å². The van der Waals surface area contributed by atoms with Crippen molar-refractivity contribution in [3.8, 4) is 0 Å². The number of alkyl halides is 2. The van der Waals surface area contributed by atoms with Crippen molar-refractivity contribution in [3.63, 3.8) is 0 Å². The quantitative estimate of drug-likeness (QED) is 0.101. The molecule has 2 amide bonds. The molecule has 4 aromatic rings. The van der Waals surface area contributed by atoms with Crippen molar-refractivity contribution in [2.45, 2.75) is 38.1 Å². The van der Waals surface area contributed by atoms with Crippen LogP contribution in [0.15, 0.2) is 115 Å². The van der Waals surface area contributed by atoms with Gasteiger partial charge in [0.2, 0.25) is 5.91 Å². The van der Waals surface area contributed by atoms with Crippen molar-refractivity contribution in [2.75, 3.05) is 29.7 Å². The van der Waals surface area contributed by atoms with Crippen LogP contribution in [0.2, 0.25) is 0 Å². The summed E-state index contributed by atoms with van der Waals surface area (Å²) < 4.78 is 11.1. The molecule has 0 aliphatic rings. The van der Waals surface area contributed by atoms with Crippen molar-refractivity contribution in [2.24, 2.45) is 0 Å². The molecule has 4 aromatic carbocycles. The van der Waals surface area contributed by atoms with Gasteiger partial charge in [0.1, 0.15) is 25.3 Å². The summed E-state index contributed by atoms with van der Waals surface area (Å²) in [5.74, 6) is -0.225. The second kappa shape index (κ2) is 19.2. The summed E-state index contributed by atoms with van der Waals surface area (Å²) in [5, 5.41) is 5.54. The molecule has 0 radical (unpaired) electrons. The maximum Gasteiger partial charge on any atom is 0.408 e. The van der Waals surface area contributed by atoms with E-state index in [1.165, 1.54) is 0 Å². The summed E-state index contributed by atoms with van der Waals surface area (Å²) in [6.07, 6.45) is -0.395. The Kier molecular flexibility index (Phi) is 14.4. The van der Waals surface area contributed by atoms with Crippen molar-refractivity contribution in [3.05, 3.63) is 138 Å². The van der Waals surface area contributed by atoms with Gasteiger partial charge in [0.05, 0.1) is 0 Å². The first-order valence-electron chi connectivity index (χ1n) is 15.4. The maximum absolute atomic E-state index is 13.8. The van der Waals surface area contributed by atoms with Gasteiger partial charge < -0.3 is 25.0 Å². The van der Waals surface area contributed by atoms with Crippen LogP contribution in [-0.4, -0.2) is 54.9 Å². The number of alkyl carbamates (subject to hydrolysis) is 1. The molecule has 10 heteroatoms. The number of amides is 2. The summed E-state index contributed by atoms with van der Waals surface area (Å²) in [6.45, 7) is 1.38. The molecule has 0 aliphatic heterocycles. The molecule has 0 bridgehead atoms. The van der Waals surface area contributed by atoms with E-state index in [4.69, 9.17) is 32.7 Å². The third kappa shape index (κ3) is 12.0. The number of anilines is 1. The Labute approximate surface area is 286 Å². The van der Waals surface area contributed by atoms with Gasteiger partial charge in [-0.15, -0.1) is 23.2 Å². The first-order valence-corrected chi connectivity index (χ1v) is 16.5. The largest absolute Gasteiger partial charge is 0.459 e. The van der Waals surface area contributed by atoms with E-state index in [0.29, 0.717) is 24.8 Å². The van der Waals surface area contributed by atoms with E-state index in [2.05, 4.69) is 15.5 Å². The Morgan fingerprint density at radius 3 is 1.57 bits per heavy atom. The minimum atomic E-state index is -1.03. The van der Waals surface area contributed by atoms with Crippen LogP contribution in [0.4, 0.5) is 10.5 Å². The first kappa shape index (κ1) is 35.3. The fourth-order valence-electron chi connectivity index (χ4n) is 4.91. The molecule has 0 unspecified atom stereocenters. The normalized spacial score (nSPS) is 12.0. The Morgan fingerprint density at radius 2 is 1.04 bits per heavy atom. The molecular weight excluding hydrogens is 637 g/mol. The minimum absolute atomic E-state index is 0.0456. The lowest BCUT2D eigenvalue weighted by atomic mass is 10.0. The molecule has 0 heterocycles. The molecule has 8 nitrogen and oxygen atoms in total. The Hall–Kier alpha value is -4.53. The predicted octanol–water partition coefficient (Wildman–Crippen LogP) is 6.28. The van der Waals surface area contributed by atoms with Crippen LogP contribution in [0.25, 0.3) is 0 Å². The smallest absolute Gasteiger partial charge is 0.408 e. The van der Waals surface area contributed by atoms with Crippen LogP contribution < -0.4 is 15.5 Å². The lowest BCUT2D eigenvalue weighted by molar-refractivity contribution is -0.149. The number of carbonyl (C=O) groups is 3. The van der Waals surface area contributed by atoms with Gasteiger partial charge in [0, 0.05) is 43.4 Å². The summed E-state index contributed by atoms with van der Waals surface area (Å²) >= 11 is 12.0. The summed E-state index contributed by atoms with van der Waals surface area (Å²) in [7, 11) is 0. The highest BCUT2D eigenvalue weighted by molar-refractivity contribution is 6.18. The van der Waals surface area contributed by atoms with Gasteiger partial charge in [-0.05, 0) is 34.4 Å². The number of ether oxygens (including phenoxy) is 2. The number of rotatable bonds is 17. The summed E-state index contributed by atoms with van der Waals surface area (Å²) in [4.78, 5) is 42.2. The zero-order valence-electron chi connectivity index (χ0n) is 26.0. The average Bonchev–Trinajstić information content (AvgIpc) is 3.10. The number of benzene rings is 4. The third-order valence-electron chi connectivity index (χ3n) is 7.38. The molecule has 47 heavy (non-hydrogen) atoms. The van der Waals surface area contributed by atoms with Crippen molar-refractivity contribution in [1.82, 2.24) is 10.6 Å².